The predicted molar refractivity (Wildman–Crippen MR) is 78.0 cm³/mol. The second kappa shape index (κ2) is 5.81. The number of hydrogen-bond donors (Lipinski definition) is 0. The Kier molecular flexibility index (Phi) is 4.13. The molecule has 0 spiro atoms. The highest BCUT2D eigenvalue weighted by Gasteiger charge is 2.23. The second-order valence-corrected chi connectivity index (χ2v) is 5.17. The lowest BCUT2D eigenvalue weighted by molar-refractivity contribution is 0.0978. The third-order valence-corrected chi connectivity index (χ3v) is 3.60. The molecule has 0 amide bonds. The number of nitrogens with zero attached hydrogens (tertiary/aromatic N) is 1. The molecule has 0 aliphatic rings. The van der Waals surface area contributed by atoms with Crippen molar-refractivity contribution in [3.63, 3.8) is 0 Å². The van der Waals surface area contributed by atoms with Gasteiger partial charge in [-0.05, 0) is 18.6 Å². The summed E-state index contributed by atoms with van der Waals surface area (Å²) >= 11 is 3.35. The fraction of sp³-hybridized carbons (Fsp3) is 0.125. The lowest BCUT2D eigenvalue weighted by atomic mass is 9.91. The zero-order chi connectivity index (χ0) is 13.8. The van der Waals surface area contributed by atoms with Gasteiger partial charge in [0.2, 0.25) is 0 Å². The average molecular weight is 314 g/mol. The van der Waals surface area contributed by atoms with Crippen LogP contribution < -0.4 is 0 Å². The van der Waals surface area contributed by atoms with Crippen LogP contribution in [0.1, 0.15) is 27.4 Å². The van der Waals surface area contributed by atoms with E-state index in [-0.39, 0.29) is 5.78 Å². The Hall–Kier alpha value is -1.92. The Labute approximate surface area is 120 Å². The van der Waals surface area contributed by atoms with Crippen molar-refractivity contribution in [3.05, 3.63) is 69.7 Å². The van der Waals surface area contributed by atoms with Gasteiger partial charge in [-0.2, -0.15) is 5.26 Å². The standard InChI is InChI=1S/C16H12BrNO/c1-11-5-4-6-12(9-11)14(10-18)16(19)13-7-2-3-8-15(13)17/h2-9,14H,1H3. The van der Waals surface area contributed by atoms with E-state index in [0.717, 1.165) is 11.1 Å². The largest absolute Gasteiger partial charge is 0.292 e. The SMILES string of the molecule is Cc1cccc(C(C#N)C(=O)c2ccccc2Br)c1. The summed E-state index contributed by atoms with van der Waals surface area (Å²) in [6.07, 6.45) is 0. The molecular formula is C16H12BrNO. The lowest BCUT2D eigenvalue weighted by Gasteiger charge is -2.10. The number of aryl methyl sites for hydroxylation is 1. The average Bonchev–Trinajstić information content (AvgIpc) is 2.40. The molecule has 1 unspecified atom stereocenters. The summed E-state index contributed by atoms with van der Waals surface area (Å²) in [4.78, 5) is 12.5. The van der Waals surface area contributed by atoms with Crippen LogP contribution in [0.5, 0.6) is 0 Å². The molecule has 0 saturated heterocycles. The van der Waals surface area contributed by atoms with Gasteiger partial charge in [0.25, 0.3) is 0 Å². The highest BCUT2D eigenvalue weighted by molar-refractivity contribution is 9.10. The fourth-order valence-corrected chi connectivity index (χ4v) is 2.43. The topological polar surface area (TPSA) is 40.9 Å². The maximum Gasteiger partial charge on any atom is 0.185 e. The van der Waals surface area contributed by atoms with Crippen LogP contribution in [0.25, 0.3) is 0 Å². The second-order valence-electron chi connectivity index (χ2n) is 4.32. The minimum Gasteiger partial charge on any atom is -0.292 e. The van der Waals surface area contributed by atoms with Crippen LogP contribution in [0.15, 0.2) is 53.0 Å². The van der Waals surface area contributed by atoms with E-state index in [1.165, 1.54) is 0 Å². The molecule has 0 fully saturated rings. The molecular weight excluding hydrogens is 302 g/mol. The van der Waals surface area contributed by atoms with Crippen molar-refractivity contribution in [1.29, 1.82) is 5.26 Å². The van der Waals surface area contributed by atoms with Crippen LogP contribution in [-0.4, -0.2) is 5.78 Å². The van der Waals surface area contributed by atoms with Crippen LogP contribution in [0.2, 0.25) is 0 Å². The first kappa shape index (κ1) is 13.5. The third-order valence-electron chi connectivity index (χ3n) is 2.91. The number of Topliss-reactive ketones (excluding diaryl/α,β-unsaturated/α-hetero) is 1. The van der Waals surface area contributed by atoms with Gasteiger partial charge in [0.05, 0.1) is 6.07 Å². The number of halogens is 1. The first-order valence-corrected chi connectivity index (χ1v) is 6.67. The Morgan fingerprint density at radius 2 is 1.95 bits per heavy atom. The van der Waals surface area contributed by atoms with Crippen molar-refractivity contribution < 1.29 is 4.79 Å². The summed E-state index contributed by atoms with van der Waals surface area (Å²) in [6.45, 7) is 1.95. The molecule has 0 heterocycles. The van der Waals surface area contributed by atoms with Crippen molar-refractivity contribution >= 4 is 21.7 Å². The van der Waals surface area contributed by atoms with Gasteiger partial charge >= 0.3 is 0 Å². The van der Waals surface area contributed by atoms with Crippen molar-refractivity contribution in [2.75, 3.05) is 0 Å². The van der Waals surface area contributed by atoms with Gasteiger partial charge in [0.1, 0.15) is 5.92 Å². The Balaban J connectivity index is 2.42. The summed E-state index contributed by atoms with van der Waals surface area (Å²) < 4.78 is 0.716. The summed E-state index contributed by atoms with van der Waals surface area (Å²) in [5.74, 6) is -0.945. The van der Waals surface area contributed by atoms with Gasteiger partial charge in [0.15, 0.2) is 5.78 Å². The van der Waals surface area contributed by atoms with E-state index in [2.05, 4.69) is 22.0 Å². The van der Waals surface area contributed by atoms with E-state index >= 15 is 0 Å². The van der Waals surface area contributed by atoms with Crippen molar-refractivity contribution in [3.8, 4) is 6.07 Å². The highest BCUT2D eigenvalue weighted by Crippen LogP contribution is 2.25. The van der Waals surface area contributed by atoms with Crippen LogP contribution in [-0.2, 0) is 0 Å². The summed E-state index contributed by atoms with van der Waals surface area (Å²) in [5, 5.41) is 9.31. The molecule has 0 bridgehead atoms. The molecule has 2 nitrogen and oxygen atoms in total. The molecule has 0 aliphatic carbocycles. The molecule has 0 aromatic heterocycles. The zero-order valence-electron chi connectivity index (χ0n) is 10.4. The summed E-state index contributed by atoms with van der Waals surface area (Å²) in [7, 11) is 0. The van der Waals surface area contributed by atoms with Crippen molar-refractivity contribution in [1.82, 2.24) is 0 Å². The van der Waals surface area contributed by atoms with Crippen molar-refractivity contribution in [2.24, 2.45) is 0 Å². The first-order chi connectivity index (χ1) is 9.13. The first-order valence-electron chi connectivity index (χ1n) is 5.88. The van der Waals surface area contributed by atoms with Crippen LogP contribution in [0, 0.1) is 18.3 Å². The van der Waals surface area contributed by atoms with E-state index in [1.807, 2.05) is 37.3 Å². The molecule has 2 rings (SSSR count). The molecule has 0 radical (unpaired) electrons. The predicted octanol–water partition coefficient (Wildman–Crippen LogP) is 4.25. The van der Waals surface area contributed by atoms with E-state index < -0.39 is 5.92 Å². The fourth-order valence-electron chi connectivity index (χ4n) is 1.95. The molecule has 19 heavy (non-hydrogen) atoms. The van der Waals surface area contributed by atoms with E-state index in [1.54, 1.807) is 18.2 Å². The van der Waals surface area contributed by atoms with Gasteiger partial charge in [-0.15, -0.1) is 0 Å². The lowest BCUT2D eigenvalue weighted by Crippen LogP contribution is -2.12. The van der Waals surface area contributed by atoms with Gasteiger partial charge in [-0.1, -0.05) is 64.0 Å². The Bertz CT molecular complexity index is 658. The van der Waals surface area contributed by atoms with Gasteiger partial charge in [0, 0.05) is 10.0 Å². The number of ketones is 1. The minimum atomic E-state index is -0.765. The molecule has 0 saturated carbocycles. The van der Waals surface area contributed by atoms with Gasteiger partial charge < -0.3 is 0 Å². The van der Waals surface area contributed by atoms with Gasteiger partial charge in [-0.3, -0.25) is 4.79 Å². The monoisotopic (exact) mass is 313 g/mol. The number of nitriles is 1. The molecule has 2 aromatic rings. The maximum atomic E-state index is 12.5. The quantitative estimate of drug-likeness (QED) is 0.795. The number of carbonyl (C=O) groups is 1. The Morgan fingerprint density at radius 1 is 1.21 bits per heavy atom. The molecule has 1 atom stereocenters. The normalized spacial score (nSPS) is 11.6. The molecule has 94 valence electrons. The van der Waals surface area contributed by atoms with E-state index in [9.17, 15) is 10.1 Å². The molecule has 0 N–H and O–H groups in total. The van der Waals surface area contributed by atoms with Crippen molar-refractivity contribution in [2.45, 2.75) is 12.8 Å². The minimum absolute atomic E-state index is 0.180. The summed E-state index contributed by atoms with van der Waals surface area (Å²) in [5.41, 5.74) is 2.32. The third kappa shape index (κ3) is 2.91. The maximum absolute atomic E-state index is 12.5. The Morgan fingerprint density at radius 3 is 2.58 bits per heavy atom. The molecule has 3 heteroatoms. The number of rotatable bonds is 3. The van der Waals surface area contributed by atoms with Crippen LogP contribution >= 0.6 is 15.9 Å². The molecule has 2 aromatic carbocycles. The van der Waals surface area contributed by atoms with E-state index in [0.29, 0.717) is 10.0 Å². The number of carbonyl (C=O) groups excluding carboxylic acids is 1. The van der Waals surface area contributed by atoms with Gasteiger partial charge in [-0.25, -0.2) is 0 Å². The molecule has 0 aliphatic heterocycles. The smallest absolute Gasteiger partial charge is 0.185 e. The highest BCUT2D eigenvalue weighted by atomic mass is 79.9. The number of hydrogen-bond acceptors (Lipinski definition) is 2. The van der Waals surface area contributed by atoms with E-state index in [4.69, 9.17) is 0 Å². The zero-order valence-corrected chi connectivity index (χ0v) is 12.0. The van der Waals surface area contributed by atoms with Crippen LogP contribution in [0.3, 0.4) is 0 Å². The number of benzene rings is 2. The summed E-state index contributed by atoms with van der Waals surface area (Å²) in [6, 6.07) is 16.8. The van der Waals surface area contributed by atoms with Crippen LogP contribution in [0.4, 0.5) is 0 Å².